The van der Waals surface area contributed by atoms with E-state index in [0.29, 0.717) is 0 Å². The Balaban J connectivity index is 2.88. The second-order valence-electron chi connectivity index (χ2n) is 1.36. The quantitative estimate of drug-likeness (QED) is 0.543. The average Bonchev–Trinajstić information content (AvgIpc) is 2.34. The summed E-state index contributed by atoms with van der Waals surface area (Å²) in [5.74, 6) is 0. The molecule has 6 heteroatoms. The van der Waals surface area contributed by atoms with Gasteiger partial charge >= 0.3 is 80.1 Å². The van der Waals surface area contributed by atoms with Gasteiger partial charge in [0, 0.05) is 0 Å². The Morgan fingerprint density at radius 1 is 1.90 bits per heavy atom. The Hall–Kier alpha value is 1.28. The van der Waals surface area contributed by atoms with Gasteiger partial charge in [-0.25, -0.2) is 0 Å². The van der Waals surface area contributed by atoms with E-state index < -0.39 is 14.2 Å². The van der Waals surface area contributed by atoms with Crippen molar-refractivity contribution < 1.29 is 8.02 Å². The van der Waals surface area contributed by atoms with Gasteiger partial charge in [0.05, 0.1) is 0 Å². The van der Waals surface area contributed by atoms with Crippen LogP contribution < -0.4 is 2.21 Å². The molecule has 0 bridgehead atoms. The van der Waals surface area contributed by atoms with Crippen molar-refractivity contribution in [3.05, 3.63) is 4.94 Å². The maximum atomic E-state index is 10.6. The average molecular weight is 354 g/mol. The number of hydrogen-bond donors (Lipinski definition) is 1. The van der Waals surface area contributed by atoms with E-state index in [1.165, 1.54) is 3.77 Å². The molecule has 0 aliphatic rings. The second kappa shape index (κ2) is 4.34. The van der Waals surface area contributed by atoms with Crippen LogP contribution in [0.15, 0.2) is 8.71 Å². The van der Waals surface area contributed by atoms with E-state index in [2.05, 4.69) is 4.94 Å². The summed E-state index contributed by atoms with van der Waals surface area (Å²) in [7, 11) is 0. The molecule has 0 aliphatic heterocycles. The number of thioether (sulfide) groups is 1. The van der Waals surface area contributed by atoms with Gasteiger partial charge in [-0.15, -0.1) is 0 Å². The zero-order valence-corrected chi connectivity index (χ0v) is 11.0. The van der Waals surface area contributed by atoms with Crippen molar-refractivity contribution in [2.24, 2.45) is 0 Å². The van der Waals surface area contributed by atoms with Crippen molar-refractivity contribution in [1.29, 1.82) is 0 Å². The molecule has 56 valence electrons. The first kappa shape index (κ1) is 9.37. The van der Waals surface area contributed by atoms with Crippen LogP contribution in [0.4, 0.5) is 0 Å². The molecule has 0 amide bonds. The van der Waals surface area contributed by atoms with Gasteiger partial charge in [0.25, 0.3) is 0 Å². The zero-order valence-electron chi connectivity index (χ0n) is 5.07. The van der Waals surface area contributed by atoms with E-state index in [4.69, 9.17) is 4.19 Å². The Morgan fingerprint density at radius 2 is 2.60 bits per heavy atom. The molecule has 1 aromatic heterocycles. The molecule has 1 rings (SSSR count). The number of rotatable bonds is 2. The molecule has 0 radical (unpaired) electrons. The number of hydrogen-bond acceptors (Lipinski definition) is 2. The van der Waals surface area contributed by atoms with Gasteiger partial charge in [-0.2, -0.15) is 0 Å². The molecule has 1 unspecified atom stereocenters. The van der Waals surface area contributed by atoms with E-state index >= 15 is 0 Å². The van der Waals surface area contributed by atoms with E-state index in [1.807, 2.05) is 6.26 Å². The molecule has 0 fully saturated rings. The Morgan fingerprint density at radius 3 is 2.90 bits per heavy atom. The molecular formula is C4H5O2SSe3+. The third-order valence-corrected chi connectivity index (χ3v) is 13.7. The monoisotopic (exact) mass is 357 g/mol. The minimum absolute atomic E-state index is 0.236. The van der Waals surface area contributed by atoms with Crippen LogP contribution in [-0.2, 0) is 3.83 Å². The summed E-state index contributed by atoms with van der Waals surface area (Å²) in [5.41, 5.74) is 0. The predicted molar refractivity (Wildman–Crippen MR) is 44.8 cm³/mol. The van der Waals surface area contributed by atoms with Crippen LogP contribution in [-0.4, -0.2) is 53.6 Å². The minimum atomic E-state index is -2.50. The standard InChI is InChI=1S/C4H4O2SSe3/c1-7-3-2-8-4(9-3)10(5)6/h2H,1H3/p+1. The molecule has 0 saturated carbocycles. The van der Waals surface area contributed by atoms with Crippen LogP contribution in [0.3, 0.4) is 0 Å². The molecule has 1 heterocycles. The van der Waals surface area contributed by atoms with Crippen LogP contribution in [0, 0.1) is 0 Å². The van der Waals surface area contributed by atoms with Crippen LogP contribution in [0.1, 0.15) is 0 Å². The van der Waals surface area contributed by atoms with E-state index in [1.54, 1.807) is 11.8 Å². The first-order chi connectivity index (χ1) is 4.74. The van der Waals surface area contributed by atoms with Crippen molar-refractivity contribution in [3.8, 4) is 0 Å². The Kier molecular flexibility index (Phi) is 4.07. The first-order valence-electron chi connectivity index (χ1n) is 2.30. The summed E-state index contributed by atoms with van der Waals surface area (Å²) in [6.45, 7) is 0. The van der Waals surface area contributed by atoms with Crippen LogP contribution in [0.2, 0.25) is 0 Å². The third kappa shape index (κ3) is 2.40. The molecule has 2 nitrogen and oxygen atoms in total. The topological polar surface area (TPSA) is 37.3 Å². The summed E-state index contributed by atoms with van der Waals surface area (Å²) >= 11 is -0.319. The summed E-state index contributed by atoms with van der Waals surface area (Å²) < 4.78 is 21.7. The Labute approximate surface area is 79.6 Å². The predicted octanol–water partition coefficient (Wildman–Crippen LogP) is -1.08. The molecule has 0 spiro atoms. The van der Waals surface area contributed by atoms with Crippen molar-refractivity contribution in [2.45, 2.75) is 3.77 Å². The second-order valence-corrected chi connectivity index (χ2v) is 12.7. The fraction of sp³-hybridized carbons (Fsp3) is 0.250. The molecule has 1 aromatic rings. The molecule has 1 atom stereocenters. The van der Waals surface area contributed by atoms with E-state index in [9.17, 15) is 3.83 Å². The van der Waals surface area contributed by atoms with Crippen molar-refractivity contribution in [1.82, 2.24) is 0 Å². The summed E-state index contributed by atoms with van der Waals surface area (Å²) in [6, 6.07) is 0. The van der Waals surface area contributed by atoms with Gasteiger partial charge in [-0.3, -0.25) is 0 Å². The molecular weight excluding hydrogens is 349 g/mol. The maximum absolute atomic E-state index is 10.6. The van der Waals surface area contributed by atoms with E-state index in [0.717, 1.165) is 2.21 Å². The fourth-order valence-electron chi connectivity index (χ4n) is 0.393. The molecule has 0 aliphatic carbocycles. The Bertz CT molecular complexity index is 246. The zero-order chi connectivity index (χ0) is 7.56. The van der Waals surface area contributed by atoms with Crippen molar-refractivity contribution in [2.75, 3.05) is 6.26 Å². The molecule has 0 saturated heterocycles. The van der Waals surface area contributed by atoms with Crippen molar-refractivity contribution >= 4 is 57.1 Å². The summed E-state index contributed by atoms with van der Waals surface area (Å²) in [5, 5.41) is 0. The van der Waals surface area contributed by atoms with Crippen LogP contribution >= 0.6 is 11.8 Å². The van der Waals surface area contributed by atoms with Gasteiger partial charge in [-0.1, -0.05) is 0 Å². The van der Waals surface area contributed by atoms with Crippen molar-refractivity contribution in [3.63, 3.8) is 0 Å². The normalized spacial score (nSPS) is 13.4. The van der Waals surface area contributed by atoms with Gasteiger partial charge in [-0.05, 0) is 0 Å². The summed E-state index contributed by atoms with van der Waals surface area (Å²) in [4.78, 5) is 2.12. The van der Waals surface area contributed by atoms with Gasteiger partial charge in [0.2, 0.25) is 0 Å². The molecule has 1 N–H and O–H groups in total. The van der Waals surface area contributed by atoms with Gasteiger partial charge in [0.1, 0.15) is 0 Å². The summed E-state index contributed by atoms with van der Waals surface area (Å²) in [6.07, 6.45) is 2.02. The van der Waals surface area contributed by atoms with Crippen LogP contribution in [0.25, 0.3) is 0 Å². The molecule has 10 heavy (non-hydrogen) atoms. The third-order valence-electron chi connectivity index (χ3n) is 0.779. The van der Waals surface area contributed by atoms with Gasteiger partial charge < -0.3 is 0 Å². The first-order valence-corrected chi connectivity index (χ1v) is 9.41. The SMILES string of the molecule is CSc1c[se+]c([Se](=O)O)[se]1. The van der Waals surface area contributed by atoms with Crippen LogP contribution in [0.5, 0.6) is 0 Å². The van der Waals surface area contributed by atoms with Gasteiger partial charge in [0.15, 0.2) is 0 Å². The van der Waals surface area contributed by atoms with E-state index in [-0.39, 0.29) is 29.0 Å². The molecule has 0 aromatic carbocycles. The fourth-order valence-corrected chi connectivity index (χ4v) is 11.2.